The van der Waals surface area contributed by atoms with Crippen LogP contribution in [0.15, 0.2) is 58.5 Å². The van der Waals surface area contributed by atoms with Gasteiger partial charge in [-0.15, -0.1) is 0 Å². The molecule has 2 heterocycles. The number of amides is 2. The third-order valence-corrected chi connectivity index (χ3v) is 5.67. The van der Waals surface area contributed by atoms with Crippen LogP contribution in [-0.4, -0.2) is 46.6 Å². The number of carbonyl (C=O) groups excluding carboxylic acids is 2. The predicted octanol–water partition coefficient (Wildman–Crippen LogP) is 2.62. The summed E-state index contributed by atoms with van der Waals surface area (Å²) < 4.78 is 5.30. The van der Waals surface area contributed by atoms with Gasteiger partial charge < -0.3 is 10.1 Å². The van der Waals surface area contributed by atoms with E-state index in [0.717, 1.165) is 11.1 Å². The first-order valence-corrected chi connectivity index (χ1v) is 10.6. The van der Waals surface area contributed by atoms with Crippen molar-refractivity contribution < 1.29 is 14.3 Å². The van der Waals surface area contributed by atoms with Crippen molar-refractivity contribution in [1.29, 1.82) is 5.26 Å². The first kappa shape index (κ1) is 20.6. The monoisotopic (exact) mass is 433 g/mol. The Kier molecular flexibility index (Phi) is 6.00. The van der Waals surface area contributed by atoms with E-state index in [-0.39, 0.29) is 30.5 Å². The molecule has 0 saturated carbocycles. The standard InChI is InChI=1S/C22H19N5O3S/c1-30-18-9-5-2-6-14(18)13-24-19(28)12-17-21(29)27-20(25-17)15-7-3-4-8-16(15)26-22(27)31-11-10-23/h2-9,17H,11-13H2,1H3,(H,24,28)/t17-/m1/s1. The van der Waals surface area contributed by atoms with Gasteiger partial charge >= 0.3 is 0 Å². The molecule has 1 atom stereocenters. The molecule has 9 heteroatoms. The van der Waals surface area contributed by atoms with E-state index >= 15 is 0 Å². The van der Waals surface area contributed by atoms with Crippen LogP contribution in [0.4, 0.5) is 5.69 Å². The number of hydrogen-bond acceptors (Lipinski definition) is 7. The number of fused-ring (bicyclic) bond motifs is 3. The summed E-state index contributed by atoms with van der Waals surface area (Å²) in [5.74, 6) is 0.705. The number of ether oxygens (including phenoxy) is 1. The number of nitriles is 1. The fourth-order valence-corrected chi connectivity index (χ4v) is 4.08. The van der Waals surface area contributed by atoms with Crippen molar-refractivity contribution in [3.05, 3.63) is 59.7 Å². The van der Waals surface area contributed by atoms with E-state index in [1.165, 1.54) is 16.7 Å². The number of benzene rings is 2. The van der Waals surface area contributed by atoms with E-state index in [0.29, 0.717) is 22.4 Å². The van der Waals surface area contributed by atoms with E-state index < -0.39 is 6.04 Å². The van der Waals surface area contributed by atoms with Crippen LogP contribution in [0.5, 0.6) is 5.75 Å². The number of hydrogen-bond donors (Lipinski definition) is 1. The van der Waals surface area contributed by atoms with Crippen LogP contribution >= 0.6 is 11.8 Å². The number of nitrogens with one attached hydrogen (secondary N) is 1. The highest BCUT2D eigenvalue weighted by atomic mass is 32.2. The molecule has 0 aliphatic carbocycles. The lowest BCUT2D eigenvalue weighted by molar-refractivity contribution is -0.128. The number of methoxy groups -OCH3 is 1. The van der Waals surface area contributed by atoms with Crippen LogP contribution in [0.1, 0.15) is 17.5 Å². The second-order valence-corrected chi connectivity index (χ2v) is 7.74. The molecule has 0 bridgehead atoms. The van der Waals surface area contributed by atoms with E-state index in [9.17, 15) is 9.59 Å². The largest absolute Gasteiger partial charge is 0.496 e. The summed E-state index contributed by atoms with van der Waals surface area (Å²) in [7, 11) is 1.57. The quantitative estimate of drug-likeness (QED) is 0.754. The SMILES string of the molecule is COc1ccccc1CNC(=O)C[C@H]1N=C2c3ccccc3N=C(SCC#N)N2C1=O. The van der Waals surface area contributed by atoms with Crippen molar-refractivity contribution in [3.8, 4) is 11.8 Å². The minimum absolute atomic E-state index is 0.0770. The summed E-state index contributed by atoms with van der Waals surface area (Å²) >= 11 is 1.17. The van der Waals surface area contributed by atoms with E-state index in [4.69, 9.17) is 10.00 Å². The van der Waals surface area contributed by atoms with Gasteiger partial charge in [0.1, 0.15) is 17.6 Å². The number of amidine groups is 2. The summed E-state index contributed by atoms with van der Waals surface area (Å²) in [6.45, 7) is 0.289. The molecule has 156 valence electrons. The van der Waals surface area contributed by atoms with Crippen molar-refractivity contribution in [2.24, 2.45) is 9.98 Å². The summed E-state index contributed by atoms with van der Waals surface area (Å²) in [6, 6.07) is 16.0. The van der Waals surface area contributed by atoms with Crippen molar-refractivity contribution in [3.63, 3.8) is 0 Å². The molecule has 0 spiro atoms. The van der Waals surface area contributed by atoms with Gasteiger partial charge in [0, 0.05) is 17.7 Å². The Balaban J connectivity index is 1.50. The van der Waals surface area contributed by atoms with Gasteiger partial charge in [-0.2, -0.15) is 5.26 Å². The Bertz CT molecular complexity index is 1140. The van der Waals surface area contributed by atoms with Gasteiger partial charge in [0.05, 0.1) is 31.0 Å². The maximum atomic E-state index is 13.1. The first-order chi connectivity index (χ1) is 15.1. The predicted molar refractivity (Wildman–Crippen MR) is 118 cm³/mol. The molecule has 1 N–H and O–H groups in total. The van der Waals surface area contributed by atoms with Gasteiger partial charge in [0.15, 0.2) is 5.17 Å². The van der Waals surface area contributed by atoms with Crippen LogP contribution in [0, 0.1) is 11.3 Å². The lowest BCUT2D eigenvalue weighted by atomic mass is 10.1. The number of rotatable bonds is 6. The van der Waals surface area contributed by atoms with Crippen LogP contribution in [0.3, 0.4) is 0 Å². The van der Waals surface area contributed by atoms with Crippen molar-refractivity contribution in [2.75, 3.05) is 12.9 Å². The molecule has 2 aliphatic heterocycles. The molecule has 0 radical (unpaired) electrons. The van der Waals surface area contributed by atoms with Gasteiger partial charge in [-0.1, -0.05) is 42.1 Å². The van der Waals surface area contributed by atoms with Crippen LogP contribution in [0.2, 0.25) is 0 Å². The molecule has 31 heavy (non-hydrogen) atoms. The second-order valence-electron chi connectivity index (χ2n) is 6.79. The molecule has 2 aromatic carbocycles. The molecule has 8 nitrogen and oxygen atoms in total. The second kappa shape index (κ2) is 9.02. The average molecular weight is 433 g/mol. The van der Waals surface area contributed by atoms with Gasteiger partial charge in [-0.3, -0.25) is 14.6 Å². The zero-order valence-corrected chi connectivity index (χ0v) is 17.6. The van der Waals surface area contributed by atoms with Crippen molar-refractivity contribution >= 4 is 40.3 Å². The molecule has 0 saturated heterocycles. The molecule has 0 aromatic heterocycles. The van der Waals surface area contributed by atoms with Gasteiger partial charge in [-0.05, 0) is 18.2 Å². The summed E-state index contributed by atoms with van der Waals surface area (Å²) in [5.41, 5.74) is 2.26. The van der Waals surface area contributed by atoms with Crippen LogP contribution in [-0.2, 0) is 16.1 Å². The maximum Gasteiger partial charge on any atom is 0.259 e. The highest BCUT2D eigenvalue weighted by molar-refractivity contribution is 8.14. The molecule has 4 rings (SSSR count). The average Bonchev–Trinajstić information content (AvgIpc) is 3.12. The molecule has 2 aromatic rings. The lowest BCUT2D eigenvalue weighted by Crippen LogP contribution is -2.42. The molecular formula is C22H19N5O3S. The maximum absolute atomic E-state index is 13.1. The summed E-state index contributed by atoms with van der Waals surface area (Å²) in [6.07, 6.45) is -0.0770. The smallest absolute Gasteiger partial charge is 0.259 e. The zero-order chi connectivity index (χ0) is 21.8. The van der Waals surface area contributed by atoms with Crippen molar-refractivity contribution in [1.82, 2.24) is 10.2 Å². The highest BCUT2D eigenvalue weighted by Gasteiger charge is 2.42. The molecule has 2 aliphatic rings. The number of carbonyl (C=O) groups is 2. The fourth-order valence-electron chi connectivity index (χ4n) is 3.42. The van der Waals surface area contributed by atoms with E-state index in [2.05, 4.69) is 15.3 Å². The molecule has 0 fully saturated rings. The van der Waals surface area contributed by atoms with Crippen LogP contribution in [0.25, 0.3) is 0 Å². The third-order valence-electron chi connectivity index (χ3n) is 4.86. The molecule has 0 unspecified atom stereocenters. The van der Waals surface area contributed by atoms with Gasteiger partial charge in [0.2, 0.25) is 5.91 Å². The Morgan fingerprint density at radius 2 is 2.03 bits per heavy atom. The third kappa shape index (κ3) is 4.15. The number of para-hydroxylation sites is 2. The number of nitrogens with zero attached hydrogens (tertiary/aromatic N) is 4. The van der Waals surface area contributed by atoms with Crippen LogP contribution < -0.4 is 10.1 Å². The highest BCUT2D eigenvalue weighted by Crippen LogP contribution is 2.33. The number of thioether (sulfide) groups is 1. The molecular weight excluding hydrogens is 414 g/mol. The summed E-state index contributed by atoms with van der Waals surface area (Å²) in [5, 5.41) is 12.2. The van der Waals surface area contributed by atoms with E-state index in [1.807, 2.05) is 54.6 Å². The Morgan fingerprint density at radius 1 is 1.26 bits per heavy atom. The molecule has 2 amide bonds. The fraction of sp³-hybridized carbons (Fsp3) is 0.227. The topological polar surface area (TPSA) is 107 Å². The first-order valence-electron chi connectivity index (χ1n) is 9.60. The lowest BCUT2D eigenvalue weighted by Gasteiger charge is -2.25. The summed E-state index contributed by atoms with van der Waals surface area (Å²) in [4.78, 5) is 36.1. The van der Waals surface area contributed by atoms with Gasteiger partial charge in [0.25, 0.3) is 5.91 Å². The van der Waals surface area contributed by atoms with E-state index in [1.54, 1.807) is 7.11 Å². The minimum Gasteiger partial charge on any atom is -0.496 e. The van der Waals surface area contributed by atoms with Gasteiger partial charge in [-0.25, -0.2) is 9.89 Å². The normalized spacial score (nSPS) is 16.6. The Morgan fingerprint density at radius 3 is 2.84 bits per heavy atom. The number of aliphatic imine (C=N–C) groups is 2. The zero-order valence-electron chi connectivity index (χ0n) is 16.7. The Hall–Kier alpha value is -3.64. The minimum atomic E-state index is -0.841. The Labute approximate surface area is 183 Å². The van der Waals surface area contributed by atoms with Crippen molar-refractivity contribution in [2.45, 2.75) is 19.0 Å².